The van der Waals surface area contributed by atoms with E-state index in [1.165, 1.54) is 6.92 Å². The zero-order valence-electron chi connectivity index (χ0n) is 43.0. The summed E-state index contributed by atoms with van der Waals surface area (Å²) in [6.07, 6.45) is -21.8. The first kappa shape index (κ1) is 56.9. The van der Waals surface area contributed by atoms with Crippen molar-refractivity contribution in [2.24, 2.45) is 44.8 Å². The van der Waals surface area contributed by atoms with Gasteiger partial charge in [0.25, 0.3) is 0 Å². The maximum absolute atomic E-state index is 15.0. The molecule has 5 aliphatic carbocycles. The van der Waals surface area contributed by atoms with Crippen molar-refractivity contribution in [2.75, 3.05) is 26.4 Å². The minimum atomic E-state index is -1.88. The van der Waals surface area contributed by atoms with E-state index in [1.807, 2.05) is 6.92 Å². The van der Waals surface area contributed by atoms with Gasteiger partial charge in [0.1, 0.15) is 85.5 Å². The average molecular weight is 1060 g/mol. The summed E-state index contributed by atoms with van der Waals surface area (Å²) in [4.78, 5) is 15.0. The van der Waals surface area contributed by atoms with Crippen LogP contribution in [-0.4, -0.2) is 222 Å². The maximum atomic E-state index is 15.0. The summed E-state index contributed by atoms with van der Waals surface area (Å²) >= 11 is 0. The third-order valence-electron chi connectivity index (χ3n) is 20.5. The van der Waals surface area contributed by atoms with Gasteiger partial charge in [-0.3, -0.25) is 4.79 Å². The van der Waals surface area contributed by atoms with Gasteiger partial charge >= 0.3 is 5.97 Å². The molecule has 0 amide bonds. The Kier molecular flexibility index (Phi) is 16.1. The summed E-state index contributed by atoms with van der Waals surface area (Å²) < 4.78 is 46.8. The Balaban J connectivity index is 0.887. The van der Waals surface area contributed by atoms with Gasteiger partial charge in [-0.1, -0.05) is 51.5 Å². The zero-order chi connectivity index (χ0) is 53.8. The van der Waals surface area contributed by atoms with Crippen LogP contribution in [0.3, 0.4) is 0 Å². The molecule has 22 nitrogen and oxygen atoms in total. The molecule has 0 aromatic heterocycles. The second-order valence-electron chi connectivity index (χ2n) is 24.3. The van der Waals surface area contributed by atoms with Crippen molar-refractivity contribution in [3.63, 3.8) is 0 Å². The second-order valence-corrected chi connectivity index (χ2v) is 24.3. The monoisotopic (exact) mass is 1060 g/mol. The Labute approximate surface area is 430 Å². The van der Waals surface area contributed by atoms with Crippen LogP contribution >= 0.6 is 0 Å². The van der Waals surface area contributed by atoms with Gasteiger partial charge in [0.15, 0.2) is 18.9 Å². The minimum Gasteiger partial charge on any atom is -0.432 e. The lowest BCUT2D eigenvalue weighted by Crippen LogP contribution is -2.66. The Morgan fingerprint density at radius 3 is 2.05 bits per heavy atom. The molecule has 422 valence electrons. The molecule has 4 saturated carbocycles. The van der Waals surface area contributed by atoms with Crippen molar-refractivity contribution in [3.05, 3.63) is 23.8 Å². The number of hydrogen-bond donors (Lipinski definition) is 13. The largest absolute Gasteiger partial charge is 0.432 e. The van der Waals surface area contributed by atoms with Gasteiger partial charge in [-0.05, 0) is 99.2 Å². The Bertz CT molecular complexity index is 2060. The van der Waals surface area contributed by atoms with Crippen LogP contribution in [0.5, 0.6) is 0 Å². The van der Waals surface area contributed by atoms with Gasteiger partial charge in [0, 0.05) is 11.3 Å². The number of allylic oxidation sites excluding steroid dienone is 3. The summed E-state index contributed by atoms with van der Waals surface area (Å²) in [6.45, 7) is 13.1. The van der Waals surface area contributed by atoms with Crippen LogP contribution in [0, 0.1) is 44.8 Å². The first-order valence-electron chi connectivity index (χ1n) is 26.6. The number of carbonyl (C=O) groups excluding carboxylic acids is 1. The molecule has 0 bridgehead atoms. The van der Waals surface area contributed by atoms with Gasteiger partial charge in [-0.2, -0.15) is 0 Å². The van der Waals surface area contributed by atoms with Crippen LogP contribution in [0.15, 0.2) is 23.8 Å². The Hall–Kier alpha value is -1.85. The molecule has 74 heavy (non-hydrogen) atoms. The molecule has 9 rings (SSSR count). The molecular formula is C52H82O22. The third-order valence-corrected chi connectivity index (χ3v) is 20.5. The van der Waals surface area contributed by atoms with Crippen molar-refractivity contribution >= 4 is 5.97 Å². The lowest BCUT2D eigenvalue weighted by molar-refractivity contribution is -0.361. The lowest BCUT2D eigenvalue weighted by Gasteiger charge is -2.71. The fourth-order valence-corrected chi connectivity index (χ4v) is 15.7. The van der Waals surface area contributed by atoms with Crippen LogP contribution in [0.4, 0.5) is 0 Å². The van der Waals surface area contributed by atoms with Gasteiger partial charge in [-0.25, -0.2) is 0 Å². The summed E-state index contributed by atoms with van der Waals surface area (Å²) in [7, 11) is 0. The van der Waals surface area contributed by atoms with Crippen LogP contribution < -0.4 is 0 Å². The van der Waals surface area contributed by atoms with Gasteiger partial charge in [0.2, 0.25) is 6.29 Å². The van der Waals surface area contributed by atoms with Gasteiger partial charge < -0.3 is 104 Å². The van der Waals surface area contributed by atoms with Crippen LogP contribution in [0.2, 0.25) is 0 Å². The van der Waals surface area contributed by atoms with E-state index in [9.17, 15) is 71.2 Å². The summed E-state index contributed by atoms with van der Waals surface area (Å²) in [5.41, 5.74) is -0.475. The molecule has 13 N–H and O–H groups in total. The standard InChI is InChI=1S/C52H82O22/c1-22-9-14-52(47(66)74-46-40(64)36(60)34(58)28(71-46)20-68-43-41(65)37(61)42(27(18-53)70-43)73-45-39(63)35(59)32(56)23(2)69-45)16-15-50(5)24(25(52)17-22)7-8-30-48(3)12-11-31(72-44-38(62)33(57)26(55)19-67-44)49(4,21-54)29(48)10-13-51(30,50)6/h7,23,25-46,53-65H,1,8-21H2,2-6H3. The fraction of sp³-hybridized carbons (Fsp3) is 0.904. The van der Waals surface area contributed by atoms with E-state index in [-0.39, 0.29) is 47.2 Å². The maximum Gasteiger partial charge on any atom is 0.315 e. The van der Waals surface area contributed by atoms with Gasteiger partial charge in [-0.15, -0.1) is 0 Å². The molecule has 22 heteroatoms. The highest BCUT2D eigenvalue weighted by Gasteiger charge is 2.70. The predicted molar refractivity (Wildman–Crippen MR) is 252 cm³/mol. The smallest absolute Gasteiger partial charge is 0.315 e. The van der Waals surface area contributed by atoms with Crippen molar-refractivity contribution in [2.45, 2.75) is 222 Å². The first-order chi connectivity index (χ1) is 34.8. The predicted octanol–water partition coefficient (Wildman–Crippen LogP) is -1.87. The molecule has 0 spiro atoms. The highest BCUT2D eigenvalue weighted by molar-refractivity contribution is 5.79. The third kappa shape index (κ3) is 9.09. The minimum absolute atomic E-state index is 0.0234. The van der Waals surface area contributed by atoms with E-state index in [1.54, 1.807) is 0 Å². The Morgan fingerprint density at radius 2 is 1.35 bits per heavy atom. The molecule has 0 aromatic carbocycles. The molecule has 28 atom stereocenters. The number of rotatable bonds is 11. The molecule has 0 aromatic rings. The van der Waals surface area contributed by atoms with E-state index in [0.717, 1.165) is 36.8 Å². The average Bonchev–Trinajstić information content (AvgIpc) is 3.37. The zero-order valence-corrected chi connectivity index (χ0v) is 43.0. The molecule has 4 heterocycles. The number of carbonyl (C=O) groups is 1. The number of aliphatic hydroxyl groups excluding tert-OH is 13. The van der Waals surface area contributed by atoms with E-state index < -0.39 is 153 Å². The highest BCUT2D eigenvalue weighted by atomic mass is 16.8. The molecule has 28 unspecified atom stereocenters. The summed E-state index contributed by atoms with van der Waals surface area (Å²) in [5.74, 6) is -0.739. The number of aliphatic hydroxyl groups is 13. The second kappa shape index (κ2) is 21.0. The van der Waals surface area contributed by atoms with Crippen LogP contribution in [0.25, 0.3) is 0 Å². The van der Waals surface area contributed by atoms with Crippen molar-refractivity contribution in [1.82, 2.24) is 0 Å². The quantitative estimate of drug-likeness (QED) is 0.0613. The molecule has 8 fully saturated rings. The fourth-order valence-electron chi connectivity index (χ4n) is 15.7. The first-order valence-corrected chi connectivity index (χ1v) is 26.6. The summed E-state index contributed by atoms with van der Waals surface area (Å²) in [5, 5.41) is 139. The normalized spacial score (nSPS) is 54.7. The van der Waals surface area contributed by atoms with Crippen molar-refractivity contribution < 1.29 is 109 Å². The van der Waals surface area contributed by atoms with E-state index in [2.05, 4.69) is 33.4 Å². The number of ether oxygens (including phenoxy) is 8. The number of esters is 1. The molecule has 9 aliphatic rings. The van der Waals surface area contributed by atoms with E-state index in [0.29, 0.717) is 38.5 Å². The molecule has 4 saturated heterocycles. The number of hydrogen-bond acceptors (Lipinski definition) is 22. The molecule has 0 radical (unpaired) electrons. The topological polar surface area (TPSA) is 354 Å². The molecular weight excluding hydrogens is 977 g/mol. The van der Waals surface area contributed by atoms with Crippen molar-refractivity contribution in [1.29, 1.82) is 0 Å². The summed E-state index contributed by atoms with van der Waals surface area (Å²) in [6, 6.07) is 0. The molecule has 4 aliphatic heterocycles. The Morgan fingerprint density at radius 1 is 0.689 bits per heavy atom. The lowest BCUT2D eigenvalue weighted by atomic mass is 9.34. The van der Waals surface area contributed by atoms with E-state index in [4.69, 9.17) is 37.9 Å². The number of fused-ring (bicyclic) bond motifs is 7. The van der Waals surface area contributed by atoms with Gasteiger partial charge in [0.05, 0.1) is 44.1 Å². The van der Waals surface area contributed by atoms with Crippen LogP contribution in [0.1, 0.15) is 98.8 Å². The van der Waals surface area contributed by atoms with Crippen molar-refractivity contribution in [3.8, 4) is 0 Å². The highest BCUT2D eigenvalue weighted by Crippen LogP contribution is 2.75. The SMILES string of the molecule is C=C1CCC2(C(=O)OC3OC(COC4OC(CO)C(OC5OC(C)C(O)C(O)C5O)C(O)C4O)C(O)C(O)C3O)CCC3(C)C(=CCC4C5(C)CCC(OC6OCC(O)C(O)C6O)C(C)(CO)C5CCC43C)C2C1. The van der Waals surface area contributed by atoms with E-state index >= 15 is 0 Å². The van der Waals surface area contributed by atoms with Crippen LogP contribution in [-0.2, 0) is 42.7 Å².